The van der Waals surface area contributed by atoms with E-state index in [-0.39, 0.29) is 0 Å². The van der Waals surface area contributed by atoms with Gasteiger partial charge in [0, 0.05) is 23.8 Å². The summed E-state index contributed by atoms with van der Waals surface area (Å²) in [6.07, 6.45) is 8.28. The number of aromatic nitrogens is 1. The molecule has 110 valence electrons. The Balaban J connectivity index is 1.57. The van der Waals surface area contributed by atoms with Gasteiger partial charge in [-0.3, -0.25) is 15.8 Å². The van der Waals surface area contributed by atoms with Crippen LogP contribution >= 0.6 is 0 Å². The Morgan fingerprint density at radius 3 is 3.23 bits per heavy atom. The normalized spacial score (nSPS) is 24.3. The van der Waals surface area contributed by atoms with E-state index >= 15 is 0 Å². The molecular weight excluding hydrogens is 280 g/mol. The molecule has 4 heterocycles. The van der Waals surface area contributed by atoms with Crippen molar-refractivity contribution in [2.24, 2.45) is 5.92 Å². The van der Waals surface area contributed by atoms with Gasteiger partial charge in [0.25, 0.3) is 0 Å². The second kappa shape index (κ2) is 4.30. The molecule has 22 heavy (non-hydrogen) atoms. The highest BCUT2D eigenvalue weighted by atomic mass is 16.5. The molecule has 4 aliphatic rings. The minimum Gasteiger partial charge on any atom is -0.497 e. The number of ether oxygens (including phenoxy) is 2. The zero-order chi connectivity index (χ0) is 14.5. The molecule has 0 saturated carbocycles. The van der Waals surface area contributed by atoms with E-state index in [1.165, 1.54) is 5.57 Å². The van der Waals surface area contributed by atoms with Crippen LogP contribution in [0.2, 0.25) is 0 Å². The first-order valence-electron chi connectivity index (χ1n) is 7.29. The number of nitrogens with zero attached hydrogens (tertiary/aromatic N) is 1. The smallest absolute Gasteiger partial charge is 0.134 e. The van der Waals surface area contributed by atoms with Crippen LogP contribution in [0.1, 0.15) is 6.42 Å². The van der Waals surface area contributed by atoms with Gasteiger partial charge in [-0.2, -0.15) is 0 Å². The molecule has 0 spiro atoms. The van der Waals surface area contributed by atoms with E-state index in [2.05, 4.69) is 21.2 Å². The van der Waals surface area contributed by atoms with Gasteiger partial charge in [-0.25, -0.2) is 0 Å². The van der Waals surface area contributed by atoms with E-state index < -0.39 is 0 Å². The molecule has 1 saturated heterocycles. The third-order valence-electron chi connectivity index (χ3n) is 4.25. The molecule has 6 nitrogen and oxygen atoms in total. The minimum absolute atomic E-state index is 0.293. The molecule has 5 rings (SSSR count). The van der Waals surface area contributed by atoms with E-state index in [4.69, 9.17) is 9.47 Å². The second-order valence-corrected chi connectivity index (χ2v) is 5.53. The average molecular weight is 294 g/mol. The van der Waals surface area contributed by atoms with Gasteiger partial charge in [0.05, 0.1) is 24.1 Å². The molecule has 6 heteroatoms. The summed E-state index contributed by atoms with van der Waals surface area (Å²) < 4.78 is 11.4. The van der Waals surface area contributed by atoms with Crippen molar-refractivity contribution in [1.29, 1.82) is 0 Å². The number of hydrogen-bond donors (Lipinski definition) is 3. The van der Waals surface area contributed by atoms with Gasteiger partial charge >= 0.3 is 0 Å². The fourth-order valence-electron chi connectivity index (χ4n) is 3.29. The van der Waals surface area contributed by atoms with Crippen molar-refractivity contribution in [3.63, 3.8) is 0 Å². The first-order chi connectivity index (χ1) is 10.9. The van der Waals surface area contributed by atoms with Crippen LogP contribution in [0.15, 0.2) is 71.0 Å². The lowest BCUT2D eigenvalue weighted by Crippen LogP contribution is -2.26. The van der Waals surface area contributed by atoms with Gasteiger partial charge in [0.1, 0.15) is 29.3 Å². The predicted octanol–water partition coefficient (Wildman–Crippen LogP) is 1.87. The first-order valence-corrected chi connectivity index (χ1v) is 7.29. The molecule has 0 bridgehead atoms. The molecule has 1 aliphatic carbocycles. The number of rotatable bonds is 2. The predicted molar refractivity (Wildman–Crippen MR) is 79.5 cm³/mol. The van der Waals surface area contributed by atoms with Crippen molar-refractivity contribution in [2.45, 2.75) is 6.42 Å². The topological polar surface area (TPSA) is 67.4 Å². The fourth-order valence-corrected chi connectivity index (χ4v) is 3.29. The summed E-state index contributed by atoms with van der Waals surface area (Å²) >= 11 is 0. The van der Waals surface area contributed by atoms with Gasteiger partial charge in [-0.1, -0.05) is 0 Å². The van der Waals surface area contributed by atoms with Gasteiger partial charge in [-0.15, -0.1) is 0 Å². The van der Waals surface area contributed by atoms with Crippen molar-refractivity contribution in [3.8, 4) is 0 Å². The van der Waals surface area contributed by atoms with Crippen molar-refractivity contribution in [1.82, 2.24) is 15.8 Å². The zero-order valence-electron chi connectivity index (χ0n) is 11.7. The second-order valence-electron chi connectivity index (χ2n) is 5.53. The van der Waals surface area contributed by atoms with Gasteiger partial charge < -0.3 is 14.8 Å². The quantitative estimate of drug-likeness (QED) is 0.774. The van der Waals surface area contributed by atoms with Crippen molar-refractivity contribution >= 4 is 5.69 Å². The van der Waals surface area contributed by atoms with E-state index in [0.29, 0.717) is 5.92 Å². The van der Waals surface area contributed by atoms with Crippen molar-refractivity contribution in [2.75, 3.05) is 11.9 Å². The molecular formula is C16H14N4O2. The molecule has 0 aromatic carbocycles. The zero-order valence-corrected chi connectivity index (χ0v) is 11.7. The number of nitrogens with one attached hydrogen (secondary N) is 3. The molecule has 1 atom stereocenters. The van der Waals surface area contributed by atoms with Crippen LogP contribution < -0.4 is 16.2 Å². The fraction of sp³-hybridized carbons (Fsp3) is 0.188. The highest BCUT2D eigenvalue weighted by Crippen LogP contribution is 2.47. The summed E-state index contributed by atoms with van der Waals surface area (Å²) in [5.74, 6) is 3.10. The third-order valence-corrected chi connectivity index (χ3v) is 4.25. The van der Waals surface area contributed by atoms with Crippen LogP contribution in [0.5, 0.6) is 0 Å². The van der Waals surface area contributed by atoms with Crippen LogP contribution in [-0.4, -0.2) is 11.6 Å². The Morgan fingerprint density at radius 2 is 2.32 bits per heavy atom. The molecule has 3 N–H and O–H groups in total. The Morgan fingerprint density at radius 1 is 1.32 bits per heavy atom. The summed E-state index contributed by atoms with van der Waals surface area (Å²) in [4.78, 5) is 4.14. The van der Waals surface area contributed by atoms with Crippen LogP contribution in [-0.2, 0) is 9.47 Å². The largest absolute Gasteiger partial charge is 0.497 e. The summed E-state index contributed by atoms with van der Waals surface area (Å²) in [6.45, 7) is 0.770. The Kier molecular flexibility index (Phi) is 2.29. The standard InChI is InChI=1S/C16H14N4O2/c1-2-9(7-17-4-1)18-16-15-11(19-20-16)8-22-13-6-12-10(14(13)15)3-5-21-12/h1-2,4,6-8,10,18-20H,3,5H2. The molecule has 1 unspecified atom stereocenters. The maximum atomic E-state index is 5.74. The number of hydrogen-bond acceptors (Lipinski definition) is 6. The number of anilines is 1. The number of hydrazine groups is 1. The number of pyridine rings is 1. The first kappa shape index (κ1) is 11.7. The summed E-state index contributed by atoms with van der Waals surface area (Å²) in [7, 11) is 0. The molecule has 1 aromatic heterocycles. The summed E-state index contributed by atoms with van der Waals surface area (Å²) in [6, 6.07) is 3.89. The van der Waals surface area contributed by atoms with Crippen LogP contribution in [0.3, 0.4) is 0 Å². The van der Waals surface area contributed by atoms with Crippen LogP contribution in [0.25, 0.3) is 0 Å². The van der Waals surface area contributed by atoms with Crippen LogP contribution in [0, 0.1) is 5.92 Å². The highest BCUT2D eigenvalue weighted by Gasteiger charge is 2.41. The lowest BCUT2D eigenvalue weighted by atomic mass is 9.90. The van der Waals surface area contributed by atoms with E-state index in [9.17, 15) is 0 Å². The van der Waals surface area contributed by atoms with Crippen LogP contribution in [0.4, 0.5) is 5.69 Å². The van der Waals surface area contributed by atoms with Gasteiger partial charge in [0.2, 0.25) is 0 Å². The van der Waals surface area contributed by atoms with E-state index in [1.54, 1.807) is 18.7 Å². The molecule has 3 aliphatic heterocycles. The molecule has 1 aromatic rings. The van der Waals surface area contributed by atoms with Gasteiger partial charge in [-0.05, 0) is 18.6 Å². The third kappa shape index (κ3) is 1.57. The molecule has 1 fully saturated rings. The Labute approximate surface area is 127 Å². The molecule has 0 amide bonds. The SMILES string of the molecule is C1=C2NNC(Nc3cccnc3)=C2C2=C(C=C3OCCC32)O1. The van der Waals surface area contributed by atoms with E-state index in [0.717, 1.165) is 47.3 Å². The minimum atomic E-state index is 0.293. The van der Waals surface area contributed by atoms with Crippen molar-refractivity contribution in [3.05, 3.63) is 71.0 Å². The molecule has 0 radical (unpaired) electrons. The highest BCUT2D eigenvalue weighted by molar-refractivity contribution is 5.64. The Hall–Kier alpha value is -2.89. The lowest BCUT2D eigenvalue weighted by molar-refractivity contribution is 0.260. The summed E-state index contributed by atoms with van der Waals surface area (Å²) in [5.41, 5.74) is 10.5. The Bertz CT molecular complexity index is 777. The van der Waals surface area contributed by atoms with Crippen molar-refractivity contribution < 1.29 is 9.47 Å². The average Bonchev–Trinajstić information content (AvgIpc) is 3.22. The van der Waals surface area contributed by atoms with E-state index in [1.807, 2.05) is 18.2 Å². The monoisotopic (exact) mass is 294 g/mol. The maximum Gasteiger partial charge on any atom is 0.134 e. The number of fused-ring (bicyclic) bond motifs is 4. The maximum absolute atomic E-state index is 5.74. The van der Waals surface area contributed by atoms with Gasteiger partial charge in [0.15, 0.2) is 0 Å². The number of allylic oxidation sites excluding steroid dienone is 3. The summed E-state index contributed by atoms with van der Waals surface area (Å²) in [5, 5.41) is 3.38. The lowest BCUT2D eigenvalue weighted by Gasteiger charge is -2.19.